The number of amides is 1. The molecular weight excluding hydrogens is 428 g/mol. The summed E-state index contributed by atoms with van der Waals surface area (Å²) >= 11 is 0. The van der Waals surface area contributed by atoms with Gasteiger partial charge in [-0.15, -0.1) is 0 Å². The number of rotatable bonds is 7. The average molecular weight is 453 g/mol. The summed E-state index contributed by atoms with van der Waals surface area (Å²) in [4.78, 5) is 29.7. The van der Waals surface area contributed by atoms with Crippen LogP contribution < -0.4 is 21.3 Å². The lowest BCUT2D eigenvalue weighted by Gasteiger charge is -2.13. The normalized spacial score (nSPS) is 15.1. The molecule has 170 valence electrons. The van der Waals surface area contributed by atoms with E-state index in [9.17, 15) is 4.79 Å². The van der Waals surface area contributed by atoms with E-state index in [2.05, 4.69) is 42.8 Å². The highest BCUT2D eigenvalue weighted by Gasteiger charge is 2.14. The first-order valence-electron chi connectivity index (χ1n) is 11.0. The minimum atomic E-state index is -0.294. The van der Waals surface area contributed by atoms with Gasteiger partial charge in [-0.3, -0.25) is 14.8 Å². The van der Waals surface area contributed by atoms with Gasteiger partial charge < -0.3 is 21.3 Å². The molecule has 9 nitrogen and oxygen atoms in total. The van der Waals surface area contributed by atoms with Gasteiger partial charge in [0.05, 0.1) is 5.69 Å². The summed E-state index contributed by atoms with van der Waals surface area (Å²) in [6, 6.07) is 13.9. The van der Waals surface area contributed by atoms with Crippen molar-refractivity contribution in [3.8, 4) is 11.4 Å². The maximum absolute atomic E-state index is 11.7. The fraction of sp³-hybridized carbons (Fsp3) is 0.160. The number of hydrogen-bond donors (Lipinski definition) is 4. The predicted molar refractivity (Wildman–Crippen MR) is 134 cm³/mol. The van der Waals surface area contributed by atoms with Crippen molar-refractivity contribution < 1.29 is 4.79 Å². The molecule has 1 fully saturated rings. The molecule has 4 heterocycles. The Hall–Kier alpha value is -4.37. The van der Waals surface area contributed by atoms with Crippen molar-refractivity contribution in [2.75, 3.05) is 29.0 Å². The van der Waals surface area contributed by atoms with E-state index >= 15 is 0 Å². The van der Waals surface area contributed by atoms with Gasteiger partial charge in [0.15, 0.2) is 0 Å². The quantitative estimate of drug-likeness (QED) is 0.314. The van der Waals surface area contributed by atoms with Gasteiger partial charge >= 0.3 is 0 Å². The summed E-state index contributed by atoms with van der Waals surface area (Å²) in [7, 11) is 0. The molecule has 34 heavy (non-hydrogen) atoms. The lowest BCUT2D eigenvalue weighted by molar-refractivity contribution is -0.111. The van der Waals surface area contributed by atoms with Crippen LogP contribution in [-0.2, 0) is 4.79 Å². The van der Waals surface area contributed by atoms with Crippen LogP contribution in [0.25, 0.3) is 22.3 Å². The molecule has 4 aromatic rings. The summed E-state index contributed by atoms with van der Waals surface area (Å²) in [6.45, 7) is 5.52. The third-order valence-electron chi connectivity index (χ3n) is 5.53. The maximum Gasteiger partial charge on any atom is 0.247 e. The molecule has 1 amide bonds. The number of hydrogen-bond acceptors (Lipinski definition) is 8. The number of nitrogens with one attached hydrogen (secondary N) is 4. The van der Waals surface area contributed by atoms with Crippen molar-refractivity contribution in [2.24, 2.45) is 0 Å². The minimum Gasteiger partial charge on any atom is -0.381 e. The van der Waals surface area contributed by atoms with E-state index < -0.39 is 0 Å². The molecule has 9 heteroatoms. The van der Waals surface area contributed by atoms with Gasteiger partial charge in [-0.2, -0.15) is 0 Å². The van der Waals surface area contributed by atoms with E-state index in [1.54, 1.807) is 30.7 Å². The zero-order valence-electron chi connectivity index (χ0n) is 18.5. The Morgan fingerprint density at radius 2 is 1.85 bits per heavy atom. The van der Waals surface area contributed by atoms with Crippen LogP contribution in [0.1, 0.15) is 6.42 Å². The largest absolute Gasteiger partial charge is 0.381 e. The zero-order chi connectivity index (χ0) is 23.3. The van der Waals surface area contributed by atoms with Crippen LogP contribution >= 0.6 is 0 Å². The molecular formula is C25H24N8O. The highest BCUT2D eigenvalue weighted by Crippen LogP contribution is 2.26. The molecule has 0 saturated carbocycles. The minimum absolute atomic E-state index is 0.294. The molecule has 4 N–H and O–H groups in total. The van der Waals surface area contributed by atoms with Crippen molar-refractivity contribution in [2.45, 2.75) is 12.5 Å². The van der Waals surface area contributed by atoms with Crippen molar-refractivity contribution in [3.63, 3.8) is 0 Å². The first-order chi connectivity index (χ1) is 16.7. The van der Waals surface area contributed by atoms with Gasteiger partial charge in [0.25, 0.3) is 0 Å². The molecule has 1 aliphatic heterocycles. The summed E-state index contributed by atoms with van der Waals surface area (Å²) in [5.41, 5.74) is 4.41. The second-order valence-corrected chi connectivity index (χ2v) is 7.95. The molecule has 1 aromatic carbocycles. The van der Waals surface area contributed by atoms with Crippen molar-refractivity contribution in [1.29, 1.82) is 0 Å². The van der Waals surface area contributed by atoms with E-state index in [1.807, 2.05) is 30.3 Å². The Kier molecular flexibility index (Phi) is 6.09. The van der Waals surface area contributed by atoms with E-state index in [4.69, 9.17) is 4.98 Å². The molecule has 1 unspecified atom stereocenters. The van der Waals surface area contributed by atoms with Gasteiger partial charge in [-0.1, -0.05) is 6.58 Å². The van der Waals surface area contributed by atoms with E-state index in [0.717, 1.165) is 36.3 Å². The average Bonchev–Trinajstić information content (AvgIpc) is 3.38. The fourth-order valence-electron chi connectivity index (χ4n) is 3.83. The summed E-state index contributed by atoms with van der Waals surface area (Å²) in [5, 5.41) is 13.7. The van der Waals surface area contributed by atoms with Crippen LogP contribution in [0.5, 0.6) is 0 Å². The van der Waals surface area contributed by atoms with Crippen LogP contribution in [0.3, 0.4) is 0 Å². The van der Waals surface area contributed by atoms with Crippen LogP contribution in [0.4, 0.5) is 23.0 Å². The van der Waals surface area contributed by atoms with Gasteiger partial charge in [-0.25, -0.2) is 9.97 Å². The SMILES string of the molecule is C=CC(=O)Nc1ccnc(-c2nccc3cnc(Nc4ccc(NC5CCNC5)cc4)nc23)c1. The van der Waals surface area contributed by atoms with Crippen LogP contribution in [0, 0.1) is 0 Å². The van der Waals surface area contributed by atoms with Crippen molar-refractivity contribution in [1.82, 2.24) is 25.3 Å². The Morgan fingerprint density at radius 3 is 2.65 bits per heavy atom. The van der Waals surface area contributed by atoms with Gasteiger partial charge in [0.2, 0.25) is 11.9 Å². The number of benzene rings is 1. The van der Waals surface area contributed by atoms with Crippen molar-refractivity contribution >= 4 is 39.8 Å². The van der Waals surface area contributed by atoms with Crippen LogP contribution in [-0.4, -0.2) is 45.0 Å². The molecule has 3 aromatic heterocycles. The molecule has 0 spiro atoms. The number of pyridine rings is 2. The topological polar surface area (TPSA) is 117 Å². The molecule has 0 radical (unpaired) electrons. The first-order valence-corrected chi connectivity index (χ1v) is 11.0. The number of anilines is 4. The molecule has 5 rings (SSSR count). The van der Waals surface area contributed by atoms with Gasteiger partial charge in [0, 0.05) is 53.6 Å². The van der Waals surface area contributed by atoms with Crippen LogP contribution in [0.2, 0.25) is 0 Å². The molecule has 0 bridgehead atoms. The Bertz CT molecular complexity index is 1330. The molecule has 1 saturated heterocycles. The van der Waals surface area contributed by atoms with Gasteiger partial charge in [0.1, 0.15) is 11.2 Å². The maximum atomic E-state index is 11.7. The predicted octanol–water partition coefficient (Wildman–Crippen LogP) is 3.73. The molecule has 1 aliphatic rings. The number of nitrogens with zero attached hydrogens (tertiary/aromatic N) is 4. The smallest absolute Gasteiger partial charge is 0.247 e. The second-order valence-electron chi connectivity index (χ2n) is 7.95. The molecule has 0 aliphatic carbocycles. The summed E-state index contributed by atoms with van der Waals surface area (Å²) in [5.74, 6) is 0.163. The lowest BCUT2D eigenvalue weighted by Crippen LogP contribution is -2.21. The number of aromatic nitrogens is 4. The number of fused-ring (bicyclic) bond motifs is 1. The highest BCUT2D eigenvalue weighted by atomic mass is 16.1. The Morgan fingerprint density at radius 1 is 1.03 bits per heavy atom. The first kappa shape index (κ1) is 21.5. The Balaban J connectivity index is 1.39. The van der Waals surface area contributed by atoms with Crippen LogP contribution in [0.15, 0.2) is 73.7 Å². The Labute approximate surface area is 196 Å². The summed E-state index contributed by atoms with van der Waals surface area (Å²) in [6.07, 6.45) is 7.40. The monoisotopic (exact) mass is 452 g/mol. The lowest BCUT2D eigenvalue weighted by atomic mass is 10.1. The number of carbonyl (C=O) groups is 1. The second kappa shape index (κ2) is 9.63. The summed E-state index contributed by atoms with van der Waals surface area (Å²) < 4.78 is 0. The standard InChI is InChI=1S/C25H24N8O/c1-2-22(34)31-19-9-12-27-21(13-19)24-23-16(7-11-28-24)14-29-25(33-23)32-18-5-3-17(4-6-18)30-20-8-10-26-15-20/h2-7,9,11-14,20,26,30H,1,8,10,15H2,(H,27,31,34)(H,29,32,33). The highest BCUT2D eigenvalue weighted by molar-refractivity contribution is 5.99. The zero-order valence-corrected chi connectivity index (χ0v) is 18.5. The van der Waals surface area contributed by atoms with E-state index in [-0.39, 0.29) is 5.91 Å². The van der Waals surface area contributed by atoms with Crippen molar-refractivity contribution in [3.05, 3.63) is 73.7 Å². The van der Waals surface area contributed by atoms with E-state index in [1.165, 1.54) is 6.08 Å². The van der Waals surface area contributed by atoms with Gasteiger partial charge in [-0.05, 0) is 61.5 Å². The fourth-order valence-corrected chi connectivity index (χ4v) is 3.83. The number of carbonyl (C=O) groups excluding carboxylic acids is 1. The van der Waals surface area contributed by atoms with E-state index in [0.29, 0.717) is 34.6 Å². The third-order valence-corrected chi connectivity index (χ3v) is 5.53. The molecule has 1 atom stereocenters. The third kappa shape index (κ3) is 4.84.